The van der Waals surface area contributed by atoms with Crippen LogP contribution in [0, 0.1) is 34.5 Å². The molecule has 0 aromatic heterocycles. The Kier molecular flexibility index (Phi) is 1.91. The van der Waals surface area contributed by atoms with Crippen molar-refractivity contribution in [2.45, 2.75) is 59.8 Å². The fourth-order valence-electron chi connectivity index (χ4n) is 5.77. The first-order valence-electron chi connectivity index (χ1n) is 6.95. The molecule has 0 heteroatoms. The summed E-state index contributed by atoms with van der Waals surface area (Å²) in [5.41, 5.74) is 1.37. The highest BCUT2D eigenvalue weighted by atomic mass is 14.7. The van der Waals surface area contributed by atoms with E-state index in [0.29, 0.717) is 5.41 Å². The molecule has 0 radical (unpaired) electrons. The number of hydrogen-bond acceptors (Lipinski definition) is 0. The van der Waals surface area contributed by atoms with Crippen molar-refractivity contribution in [3.8, 4) is 0 Å². The van der Waals surface area contributed by atoms with Crippen LogP contribution in [0.15, 0.2) is 0 Å². The molecule has 4 bridgehead atoms. The maximum Gasteiger partial charge on any atom is -0.0261 e. The van der Waals surface area contributed by atoms with Gasteiger partial charge in [-0.3, -0.25) is 0 Å². The Morgan fingerprint density at radius 2 is 1.87 bits per heavy atom. The lowest BCUT2D eigenvalue weighted by atomic mass is 9.67. The standard InChI is InChI=1S/C15H26/c1-10-6-5-7-15(4)12-9-14(2,3)13(15)8-11(10)12/h10-13H,5-9H2,1-4H3. The summed E-state index contributed by atoms with van der Waals surface area (Å²) >= 11 is 0. The highest BCUT2D eigenvalue weighted by Crippen LogP contribution is 2.71. The van der Waals surface area contributed by atoms with Gasteiger partial charge < -0.3 is 0 Å². The van der Waals surface area contributed by atoms with Gasteiger partial charge in [0.1, 0.15) is 0 Å². The Bertz CT molecular complexity index is 278. The highest BCUT2D eigenvalue weighted by Gasteiger charge is 2.63. The lowest BCUT2D eigenvalue weighted by molar-refractivity contribution is 0.120. The monoisotopic (exact) mass is 206 g/mol. The third kappa shape index (κ3) is 1.14. The normalized spacial score (nSPS) is 56.8. The molecule has 3 fully saturated rings. The largest absolute Gasteiger partial charge is 0.0622 e. The Morgan fingerprint density at radius 3 is 2.60 bits per heavy atom. The molecule has 15 heavy (non-hydrogen) atoms. The third-order valence-corrected chi connectivity index (χ3v) is 6.46. The van der Waals surface area contributed by atoms with Crippen LogP contribution in [0.1, 0.15) is 59.8 Å². The van der Waals surface area contributed by atoms with Crippen LogP contribution < -0.4 is 0 Å². The molecule has 0 N–H and O–H groups in total. The van der Waals surface area contributed by atoms with Crippen LogP contribution in [-0.2, 0) is 0 Å². The van der Waals surface area contributed by atoms with Gasteiger partial charge in [-0.05, 0) is 53.8 Å². The molecule has 5 atom stereocenters. The summed E-state index contributed by atoms with van der Waals surface area (Å²) in [5.74, 6) is 4.19. The van der Waals surface area contributed by atoms with Crippen molar-refractivity contribution >= 4 is 0 Å². The van der Waals surface area contributed by atoms with Gasteiger partial charge in [-0.2, -0.15) is 0 Å². The Balaban J connectivity index is 2.00. The average molecular weight is 206 g/mol. The van der Waals surface area contributed by atoms with Gasteiger partial charge in [0.15, 0.2) is 0 Å². The quantitative estimate of drug-likeness (QED) is 0.547. The van der Waals surface area contributed by atoms with E-state index < -0.39 is 0 Å². The maximum atomic E-state index is 2.62. The van der Waals surface area contributed by atoms with E-state index in [2.05, 4.69) is 27.7 Å². The third-order valence-electron chi connectivity index (χ3n) is 6.46. The molecule has 3 rings (SSSR count). The second-order valence-corrected chi connectivity index (χ2v) is 7.63. The predicted molar refractivity (Wildman–Crippen MR) is 64.6 cm³/mol. The van der Waals surface area contributed by atoms with Crippen LogP contribution in [0.3, 0.4) is 0 Å². The molecular formula is C15H26. The fourth-order valence-corrected chi connectivity index (χ4v) is 5.77. The summed E-state index contributed by atoms with van der Waals surface area (Å²) in [7, 11) is 0. The lowest BCUT2D eigenvalue weighted by Crippen LogP contribution is -2.29. The molecule has 0 aromatic rings. The average Bonchev–Trinajstić information content (AvgIpc) is 2.44. The Morgan fingerprint density at radius 1 is 1.13 bits per heavy atom. The van der Waals surface area contributed by atoms with E-state index in [1.165, 1.54) is 25.7 Å². The van der Waals surface area contributed by atoms with Crippen LogP contribution in [0.25, 0.3) is 0 Å². The van der Waals surface area contributed by atoms with E-state index in [-0.39, 0.29) is 0 Å². The second-order valence-electron chi connectivity index (χ2n) is 7.63. The van der Waals surface area contributed by atoms with E-state index in [1.807, 2.05) is 0 Å². The molecule has 0 spiro atoms. The topological polar surface area (TPSA) is 0 Å². The molecule has 0 aromatic carbocycles. The van der Waals surface area contributed by atoms with Crippen molar-refractivity contribution in [3.63, 3.8) is 0 Å². The van der Waals surface area contributed by atoms with Crippen LogP contribution in [-0.4, -0.2) is 0 Å². The molecule has 0 aliphatic heterocycles. The first-order valence-corrected chi connectivity index (χ1v) is 6.95. The Hall–Kier alpha value is 0. The Labute approximate surface area is 94.8 Å². The molecule has 5 unspecified atom stereocenters. The van der Waals surface area contributed by atoms with Crippen molar-refractivity contribution in [2.75, 3.05) is 0 Å². The van der Waals surface area contributed by atoms with E-state index in [0.717, 1.165) is 29.1 Å². The van der Waals surface area contributed by atoms with Crippen molar-refractivity contribution in [2.24, 2.45) is 34.5 Å². The van der Waals surface area contributed by atoms with E-state index in [9.17, 15) is 0 Å². The van der Waals surface area contributed by atoms with E-state index in [4.69, 9.17) is 0 Å². The van der Waals surface area contributed by atoms with Crippen molar-refractivity contribution in [3.05, 3.63) is 0 Å². The maximum absolute atomic E-state index is 2.62. The molecule has 86 valence electrons. The molecule has 3 saturated carbocycles. The molecule has 3 aliphatic rings. The summed E-state index contributed by atoms with van der Waals surface area (Å²) in [4.78, 5) is 0. The molecule has 0 amide bonds. The minimum Gasteiger partial charge on any atom is -0.0622 e. The molecule has 0 nitrogen and oxygen atoms in total. The van der Waals surface area contributed by atoms with Crippen molar-refractivity contribution in [1.82, 2.24) is 0 Å². The van der Waals surface area contributed by atoms with Crippen molar-refractivity contribution < 1.29 is 0 Å². The minimum absolute atomic E-state index is 0.646. The van der Waals surface area contributed by atoms with Gasteiger partial charge in [0, 0.05) is 0 Å². The highest BCUT2D eigenvalue weighted by molar-refractivity contribution is 5.12. The minimum atomic E-state index is 0.646. The summed E-state index contributed by atoms with van der Waals surface area (Å²) < 4.78 is 0. The molecule has 0 heterocycles. The van der Waals surface area contributed by atoms with Gasteiger partial charge in [-0.1, -0.05) is 40.5 Å². The number of hydrogen-bond donors (Lipinski definition) is 0. The fraction of sp³-hybridized carbons (Fsp3) is 1.00. The summed E-state index contributed by atoms with van der Waals surface area (Å²) in [5, 5.41) is 0. The summed E-state index contributed by atoms with van der Waals surface area (Å²) in [6.45, 7) is 10.2. The van der Waals surface area contributed by atoms with Gasteiger partial charge >= 0.3 is 0 Å². The van der Waals surface area contributed by atoms with Crippen LogP contribution in [0.5, 0.6) is 0 Å². The van der Waals surface area contributed by atoms with Gasteiger partial charge in [0.25, 0.3) is 0 Å². The number of rotatable bonds is 0. The first-order chi connectivity index (χ1) is 6.95. The van der Waals surface area contributed by atoms with Crippen LogP contribution in [0.4, 0.5) is 0 Å². The van der Waals surface area contributed by atoms with E-state index >= 15 is 0 Å². The predicted octanol–water partition coefficient (Wildman–Crippen LogP) is 4.49. The zero-order valence-corrected chi connectivity index (χ0v) is 10.8. The van der Waals surface area contributed by atoms with E-state index in [1.54, 1.807) is 6.42 Å². The zero-order chi connectivity index (χ0) is 10.8. The van der Waals surface area contributed by atoms with Crippen LogP contribution in [0.2, 0.25) is 0 Å². The van der Waals surface area contributed by atoms with Crippen molar-refractivity contribution in [1.29, 1.82) is 0 Å². The summed E-state index contributed by atoms with van der Waals surface area (Å²) in [6, 6.07) is 0. The summed E-state index contributed by atoms with van der Waals surface area (Å²) in [6.07, 6.45) is 7.59. The van der Waals surface area contributed by atoms with Gasteiger partial charge in [-0.25, -0.2) is 0 Å². The molecular weight excluding hydrogens is 180 g/mol. The van der Waals surface area contributed by atoms with Gasteiger partial charge in [0.05, 0.1) is 0 Å². The SMILES string of the molecule is CC1CCCC2(C)C3CC(C)(C)C2CC13. The second kappa shape index (κ2) is 2.81. The van der Waals surface area contributed by atoms with Crippen LogP contribution >= 0.6 is 0 Å². The zero-order valence-electron chi connectivity index (χ0n) is 10.8. The smallest absolute Gasteiger partial charge is 0.0261 e. The first kappa shape index (κ1) is 10.2. The molecule has 3 aliphatic carbocycles. The molecule has 0 saturated heterocycles. The lowest BCUT2D eigenvalue weighted by Gasteiger charge is -2.38. The van der Waals surface area contributed by atoms with Gasteiger partial charge in [0.2, 0.25) is 0 Å². The van der Waals surface area contributed by atoms with Gasteiger partial charge in [-0.15, -0.1) is 0 Å².